The van der Waals surface area contributed by atoms with Gasteiger partial charge in [0.2, 0.25) is 0 Å². The summed E-state index contributed by atoms with van der Waals surface area (Å²) in [6.07, 6.45) is 9.48. The number of hydrogen-bond acceptors (Lipinski definition) is 1. The van der Waals surface area contributed by atoms with Crippen molar-refractivity contribution in [3.63, 3.8) is 0 Å². The lowest BCUT2D eigenvalue weighted by Gasteiger charge is -2.40. The van der Waals surface area contributed by atoms with Gasteiger partial charge in [-0.2, -0.15) is 0 Å². The normalized spacial score (nSPS) is 38.9. The lowest BCUT2D eigenvalue weighted by atomic mass is 9.68. The Morgan fingerprint density at radius 1 is 1.41 bits per heavy atom. The van der Waals surface area contributed by atoms with Gasteiger partial charge in [0.05, 0.1) is 0 Å². The Balaban J connectivity index is 2.01. The number of nitrogens with one attached hydrogen (secondary N) is 1. The second kappa shape index (κ2) is 6.04. The molecule has 4 unspecified atom stereocenters. The van der Waals surface area contributed by atoms with Crippen molar-refractivity contribution >= 4 is 0 Å². The predicted octanol–water partition coefficient (Wildman–Crippen LogP) is 4.00. The van der Waals surface area contributed by atoms with Gasteiger partial charge < -0.3 is 5.32 Å². The molecule has 1 nitrogen and oxygen atoms in total. The van der Waals surface area contributed by atoms with Gasteiger partial charge in [0.15, 0.2) is 0 Å². The average molecular weight is 235 g/mol. The third kappa shape index (κ3) is 3.34. The van der Waals surface area contributed by atoms with Crippen LogP contribution in [-0.4, -0.2) is 13.1 Å². The van der Waals surface area contributed by atoms with Crippen molar-refractivity contribution in [1.29, 1.82) is 0 Å². The highest BCUT2D eigenvalue weighted by atomic mass is 14.9. The molecule has 1 aliphatic carbocycles. The summed E-state index contributed by atoms with van der Waals surface area (Å²) in [6.45, 7) is 9.58. The molecule has 0 saturated carbocycles. The minimum Gasteiger partial charge on any atom is -0.316 e. The molecule has 1 heteroatoms. The van der Waals surface area contributed by atoms with Crippen LogP contribution in [0.3, 0.4) is 0 Å². The van der Waals surface area contributed by atoms with Crippen LogP contribution in [-0.2, 0) is 0 Å². The number of piperidine rings is 1. The first-order chi connectivity index (χ1) is 8.20. The standard InChI is InChI=1S/C16H29N/c1-4-5-14-11-17-7-6-16(14)15-9-12(2)8-13(3)10-15/h8,12,14-17H,4-7,9-11H2,1-3H3. The van der Waals surface area contributed by atoms with Gasteiger partial charge in [-0.1, -0.05) is 31.9 Å². The van der Waals surface area contributed by atoms with Crippen molar-refractivity contribution in [2.45, 2.75) is 52.9 Å². The van der Waals surface area contributed by atoms with E-state index in [1.54, 1.807) is 5.57 Å². The second-order valence-electron chi connectivity index (χ2n) is 6.40. The Hall–Kier alpha value is -0.300. The molecule has 2 aliphatic rings. The lowest BCUT2D eigenvalue weighted by Crippen LogP contribution is -2.40. The molecule has 0 radical (unpaired) electrons. The molecule has 17 heavy (non-hydrogen) atoms. The first kappa shape index (κ1) is 13.1. The molecule has 1 fully saturated rings. The maximum Gasteiger partial charge on any atom is -0.00178 e. The molecule has 0 bridgehead atoms. The van der Waals surface area contributed by atoms with Gasteiger partial charge in [0, 0.05) is 0 Å². The Morgan fingerprint density at radius 3 is 2.94 bits per heavy atom. The quantitative estimate of drug-likeness (QED) is 0.729. The maximum absolute atomic E-state index is 3.60. The lowest BCUT2D eigenvalue weighted by molar-refractivity contribution is 0.143. The fraction of sp³-hybridized carbons (Fsp3) is 0.875. The van der Waals surface area contributed by atoms with Gasteiger partial charge in [-0.25, -0.2) is 0 Å². The molecule has 1 aliphatic heterocycles. The molecule has 1 saturated heterocycles. The average Bonchev–Trinajstić information content (AvgIpc) is 2.29. The van der Waals surface area contributed by atoms with Gasteiger partial charge in [0.25, 0.3) is 0 Å². The van der Waals surface area contributed by atoms with Crippen LogP contribution in [0.25, 0.3) is 0 Å². The third-order valence-corrected chi connectivity index (χ3v) is 4.76. The van der Waals surface area contributed by atoms with Gasteiger partial charge in [-0.3, -0.25) is 0 Å². The number of rotatable bonds is 3. The minimum absolute atomic E-state index is 0.811. The number of allylic oxidation sites excluding steroid dienone is 2. The summed E-state index contributed by atoms with van der Waals surface area (Å²) in [5.41, 5.74) is 1.64. The van der Waals surface area contributed by atoms with Gasteiger partial charge in [-0.05, 0) is 69.4 Å². The highest BCUT2D eigenvalue weighted by Gasteiger charge is 2.33. The van der Waals surface area contributed by atoms with Gasteiger partial charge >= 0.3 is 0 Å². The Bertz CT molecular complexity index is 267. The van der Waals surface area contributed by atoms with Crippen molar-refractivity contribution < 1.29 is 0 Å². The molecule has 0 aromatic heterocycles. The zero-order valence-corrected chi connectivity index (χ0v) is 11.8. The second-order valence-corrected chi connectivity index (χ2v) is 6.40. The van der Waals surface area contributed by atoms with Crippen molar-refractivity contribution in [3.05, 3.63) is 11.6 Å². The largest absolute Gasteiger partial charge is 0.316 e. The van der Waals surface area contributed by atoms with Crippen LogP contribution in [0.15, 0.2) is 11.6 Å². The first-order valence-corrected chi connectivity index (χ1v) is 7.58. The van der Waals surface area contributed by atoms with Crippen LogP contribution in [0.1, 0.15) is 52.9 Å². The summed E-state index contributed by atoms with van der Waals surface area (Å²) in [4.78, 5) is 0. The fourth-order valence-corrected chi connectivity index (χ4v) is 4.17. The van der Waals surface area contributed by atoms with E-state index in [0.717, 1.165) is 23.7 Å². The molecule has 0 aromatic rings. The summed E-state index contributed by atoms with van der Waals surface area (Å²) in [5.74, 6) is 3.71. The van der Waals surface area contributed by atoms with Crippen LogP contribution in [0.2, 0.25) is 0 Å². The number of hydrogen-bond donors (Lipinski definition) is 1. The van der Waals surface area contributed by atoms with Crippen LogP contribution in [0.4, 0.5) is 0 Å². The zero-order valence-electron chi connectivity index (χ0n) is 11.8. The predicted molar refractivity (Wildman–Crippen MR) is 75.0 cm³/mol. The van der Waals surface area contributed by atoms with Crippen LogP contribution < -0.4 is 5.32 Å². The van der Waals surface area contributed by atoms with Crippen LogP contribution >= 0.6 is 0 Å². The van der Waals surface area contributed by atoms with Crippen molar-refractivity contribution in [3.8, 4) is 0 Å². The smallest absolute Gasteiger partial charge is 0.00178 e. The van der Waals surface area contributed by atoms with E-state index in [1.165, 1.54) is 45.2 Å². The van der Waals surface area contributed by atoms with Crippen molar-refractivity contribution in [2.24, 2.45) is 23.7 Å². The molecule has 98 valence electrons. The van der Waals surface area contributed by atoms with E-state index in [1.807, 2.05) is 0 Å². The van der Waals surface area contributed by atoms with E-state index in [-0.39, 0.29) is 0 Å². The third-order valence-electron chi connectivity index (χ3n) is 4.76. The first-order valence-electron chi connectivity index (χ1n) is 7.58. The van der Waals surface area contributed by atoms with E-state index in [4.69, 9.17) is 0 Å². The van der Waals surface area contributed by atoms with Crippen LogP contribution in [0, 0.1) is 23.7 Å². The van der Waals surface area contributed by atoms with E-state index < -0.39 is 0 Å². The van der Waals surface area contributed by atoms with E-state index in [2.05, 4.69) is 32.2 Å². The van der Waals surface area contributed by atoms with Gasteiger partial charge in [0.1, 0.15) is 0 Å². The monoisotopic (exact) mass is 235 g/mol. The van der Waals surface area contributed by atoms with Gasteiger partial charge in [-0.15, -0.1) is 0 Å². The Morgan fingerprint density at radius 2 is 2.24 bits per heavy atom. The summed E-state index contributed by atoms with van der Waals surface area (Å²) in [5, 5.41) is 3.60. The van der Waals surface area contributed by atoms with E-state index in [0.29, 0.717) is 0 Å². The van der Waals surface area contributed by atoms with Crippen LogP contribution in [0.5, 0.6) is 0 Å². The molecular formula is C16H29N. The molecule has 1 heterocycles. The minimum atomic E-state index is 0.811. The highest BCUT2D eigenvalue weighted by molar-refractivity contribution is 5.07. The molecule has 0 spiro atoms. The summed E-state index contributed by atoms with van der Waals surface area (Å²) < 4.78 is 0. The topological polar surface area (TPSA) is 12.0 Å². The van der Waals surface area contributed by atoms with Crippen molar-refractivity contribution in [2.75, 3.05) is 13.1 Å². The van der Waals surface area contributed by atoms with Crippen molar-refractivity contribution in [1.82, 2.24) is 5.32 Å². The molecule has 0 amide bonds. The SMILES string of the molecule is CCCC1CNCCC1C1CC(C)=CC(C)C1. The summed E-state index contributed by atoms with van der Waals surface area (Å²) in [7, 11) is 0. The molecule has 2 rings (SSSR count). The zero-order chi connectivity index (χ0) is 12.3. The Labute approximate surface area is 107 Å². The molecular weight excluding hydrogens is 206 g/mol. The van der Waals surface area contributed by atoms with E-state index in [9.17, 15) is 0 Å². The Kier molecular flexibility index (Phi) is 4.67. The highest BCUT2D eigenvalue weighted by Crippen LogP contribution is 2.40. The van der Waals surface area contributed by atoms with E-state index >= 15 is 0 Å². The molecule has 4 atom stereocenters. The summed E-state index contributed by atoms with van der Waals surface area (Å²) in [6, 6.07) is 0. The maximum atomic E-state index is 3.60. The fourth-order valence-electron chi connectivity index (χ4n) is 4.17. The molecule has 1 N–H and O–H groups in total. The summed E-state index contributed by atoms with van der Waals surface area (Å²) >= 11 is 0. The molecule has 0 aromatic carbocycles.